The Hall–Kier alpha value is -2.06. The fourth-order valence-electron chi connectivity index (χ4n) is 2.02. The summed E-state index contributed by atoms with van der Waals surface area (Å²) in [6.07, 6.45) is 1.50. The van der Waals surface area contributed by atoms with Crippen LogP contribution in [0.25, 0.3) is 0 Å². The Morgan fingerprint density at radius 1 is 1.39 bits per heavy atom. The molecular formula is C18H26N2O3. The van der Waals surface area contributed by atoms with Crippen LogP contribution in [0.4, 0.5) is 5.69 Å². The van der Waals surface area contributed by atoms with Gasteiger partial charge < -0.3 is 14.8 Å². The third-order valence-electron chi connectivity index (χ3n) is 3.89. The van der Waals surface area contributed by atoms with E-state index in [-0.39, 0.29) is 12.0 Å². The maximum atomic E-state index is 12.5. The van der Waals surface area contributed by atoms with Crippen LogP contribution in [-0.4, -0.2) is 24.2 Å². The van der Waals surface area contributed by atoms with Gasteiger partial charge in [-0.05, 0) is 45.7 Å². The molecule has 5 nitrogen and oxygen atoms in total. The quantitative estimate of drug-likeness (QED) is 0.789. The van der Waals surface area contributed by atoms with Crippen molar-refractivity contribution in [3.63, 3.8) is 0 Å². The maximum Gasteiger partial charge on any atom is 0.256 e. The van der Waals surface area contributed by atoms with E-state index in [1.54, 1.807) is 25.1 Å². The lowest BCUT2D eigenvalue weighted by molar-refractivity contribution is -0.139. The van der Waals surface area contributed by atoms with Crippen molar-refractivity contribution < 1.29 is 14.3 Å². The molecule has 1 N–H and O–H groups in total. The second kappa shape index (κ2) is 8.54. The Labute approximate surface area is 138 Å². The largest absolute Gasteiger partial charge is 0.491 e. The van der Waals surface area contributed by atoms with Gasteiger partial charge in [0, 0.05) is 12.7 Å². The number of benzene rings is 1. The summed E-state index contributed by atoms with van der Waals surface area (Å²) in [4.78, 5) is 12.5. The summed E-state index contributed by atoms with van der Waals surface area (Å²) in [5.41, 5.74) is -0.0737. The number of carbonyl (C=O) groups is 1. The molecule has 0 saturated carbocycles. The molecule has 0 saturated heterocycles. The number of hydrogen-bond acceptors (Lipinski definition) is 4. The first-order valence-corrected chi connectivity index (χ1v) is 8.06. The maximum absolute atomic E-state index is 12.5. The minimum atomic E-state index is -0.909. The van der Waals surface area contributed by atoms with Gasteiger partial charge in [-0.25, -0.2) is 0 Å². The van der Waals surface area contributed by atoms with Crippen molar-refractivity contribution in [1.82, 2.24) is 0 Å². The number of ether oxygens (including phenoxy) is 2. The van der Waals surface area contributed by atoms with Crippen molar-refractivity contribution in [2.45, 2.75) is 59.2 Å². The molecule has 1 aromatic rings. The molecule has 0 spiro atoms. The van der Waals surface area contributed by atoms with Crippen LogP contribution in [0.1, 0.15) is 53.0 Å². The fraction of sp³-hybridized carbons (Fsp3) is 0.556. The van der Waals surface area contributed by atoms with Gasteiger partial charge in [-0.15, -0.1) is 0 Å². The first kappa shape index (κ1) is 19.0. The van der Waals surface area contributed by atoms with E-state index in [9.17, 15) is 10.1 Å². The number of rotatable bonds is 8. The number of nitrogens with zero attached hydrogens (tertiary/aromatic N) is 1. The topological polar surface area (TPSA) is 71.3 Å². The summed E-state index contributed by atoms with van der Waals surface area (Å²) in [5, 5.41) is 12.1. The van der Waals surface area contributed by atoms with Crippen LogP contribution < -0.4 is 10.1 Å². The average Bonchev–Trinajstić information content (AvgIpc) is 2.55. The lowest BCUT2D eigenvalue weighted by atomic mass is 10.0. The highest BCUT2D eigenvalue weighted by molar-refractivity contribution is 5.98. The van der Waals surface area contributed by atoms with E-state index in [2.05, 4.69) is 11.4 Å². The number of hydrogen-bond donors (Lipinski definition) is 1. The van der Waals surface area contributed by atoms with E-state index in [1.165, 1.54) is 0 Å². The van der Waals surface area contributed by atoms with Gasteiger partial charge in [0.2, 0.25) is 0 Å². The first-order valence-electron chi connectivity index (χ1n) is 8.06. The van der Waals surface area contributed by atoms with E-state index in [0.29, 0.717) is 30.0 Å². The summed E-state index contributed by atoms with van der Waals surface area (Å²) in [6.45, 7) is 9.94. The highest BCUT2D eigenvalue weighted by atomic mass is 16.5. The van der Waals surface area contributed by atoms with Crippen LogP contribution in [0, 0.1) is 11.3 Å². The molecule has 0 aromatic heterocycles. The number of nitrogens with one attached hydrogen (secondary N) is 1. The van der Waals surface area contributed by atoms with Gasteiger partial charge in [-0.3, -0.25) is 4.79 Å². The van der Waals surface area contributed by atoms with Crippen LogP contribution >= 0.6 is 0 Å². The third-order valence-corrected chi connectivity index (χ3v) is 3.89. The molecule has 1 rings (SSSR count). The number of carbonyl (C=O) groups excluding carboxylic acids is 1. The molecule has 0 aliphatic rings. The van der Waals surface area contributed by atoms with E-state index < -0.39 is 5.60 Å². The Bertz CT molecular complexity index is 580. The molecule has 0 aliphatic carbocycles. The van der Waals surface area contributed by atoms with Crippen LogP contribution in [0.2, 0.25) is 0 Å². The highest BCUT2D eigenvalue weighted by Gasteiger charge is 2.32. The monoisotopic (exact) mass is 318 g/mol. The van der Waals surface area contributed by atoms with Gasteiger partial charge >= 0.3 is 0 Å². The van der Waals surface area contributed by atoms with Crippen molar-refractivity contribution in [2.24, 2.45) is 0 Å². The lowest BCUT2D eigenvalue weighted by Gasteiger charge is -2.27. The second-order valence-electron chi connectivity index (χ2n) is 5.63. The predicted octanol–water partition coefficient (Wildman–Crippen LogP) is 3.88. The summed E-state index contributed by atoms with van der Waals surface area (Å²) in [6, 6.07) is 7.19. The summed E-state index contributed by atoms with van der Waals surface area (Å²) in [7, 11) is 0. The summed E-state index contributed by atoms with van der Waals surface area (Å²) >= 11 is 0. The van der Waals surface area contributed by atoms with Crippen molar-refractivity contribution in [3.05, 3.63) is 23.8 Å². The molecule has 1 amide bonds. The zero-order chi connectivity index (χ0) is 17.5. The van der Waals surface area contributed by atoms with Crippen LogP contribution in [-0.2, 0) is 9.53 Å². The molecule has 0 heterocycles. The lowest BCUT2D eigenvalue weighted by Crippen LogP contribution is -2.42. The normalized spacial score (nSPS) is 14.4. The third kappa shape index (κ3) is 4.97. The Morgan fingerprint density at radius 3 is 2.61 bits per heavy atom. The van der Waals surface area contributed by atoms with Gasteiger partial charge in [-0.1, -0.05) is 13.8 Å². The molecule has 23 heavy (non-hydrogen) atoms. The Morgan fingerprint density at radius 2 is 2.09 bits per heavy atom. The highest BCUT2D eigenvalue weighted by Crippen LogP contribution is 2.25. The fourth-order valence-corrected chi connectivity index (χ4v) is 2.02. The second-order valence-corrected chi connectivity index (χ2v) is 5.63. The smallest absolute Gasteiger partial charge is 0.256 e. The average molecular weight is 318 g/mol. The molecule has 1 aromatic carbocycles. The molecule has 0 radical (unpaired) electrons. The predicted molar refractivity (Wildman–Crippen MR) is 90.5 cm³/mol. The zero-order valence-electron chi connectivity index (χ0n) is 14.6. The molecule has 0 bridgehead atoms. The molecule has 0 unspecified atom stereocenters. The van der Waals surface area contributed by atoms with Gasteiger partial charge in [0.25, 0.3) is 5.91 Å². The van der Waals surface area contributed by atoms with Gasteiger partial charge in [0.05, 0.1) is 17.4 Å². The van der Waals surface area contributed by atoms with E-state index in [0.717, 1.165) is 6.42 Å². The molecular weight excluding hydrogens is 292 g/mol. The van der Waals surface area contributed by atoms with Crippen LogP contribution in [0.15, 0.2) is 18.2 Å². The number of nitriles is 1. The zero-order valence-corrected chi connectivity index (χ0v) is 14.6. The first-order chi connectivity index (χ1) is 10.9. The molecule has 0 aliphatic heterocycles. The Balaban J connectivity index is 2.97. The van der Waals surface area contributed by atoms with E-state index >= 15 is 0 Å². The number of anilines is 1. The standard InChI is InChI=1S/C18H26N2O3/c1-6-13(4)23-15-9-10-16(14(11-15)12-19)20-17(21)18(5,7-2)22-8-3/h9-11,13H,6-8H2,1-5H3,(H,20,21)/t13-,18+/m1/s1. The molecule has 2 atom stereocenters. The van der Waals surface area contributed by atoms with Gasteiger partial charge in [0.1, 0.15) is 17.4 Å². The SMILES string of the molecule is CCO[C@@](C)(CC)C(=O)Nc1ccc(O[C@H](C)CC)cc1C#N. The minimum absolute atomic E-state index is 0.0725. The molecule has 5 heteroatoms. The minimum Gasteiger partial charge on any atom is -0.491 e. The Kier molecular flexibility index (Phi) is 7.05. The van der Waals surface area contributed by atoms with Gasteiger partial charge in [0.15, 0.2) is 0 Å². The van der Waals surface area contributed by atoms with Crippen LogP contribution in [0.5, 0.6) is 5.75 Å². The van der Waals surface area contributed by atoms with Crippen molar-refractivity contribution in [3.8, 4) is 11.8 Å². The molecule has 0 fully saturated rings. The molecule has 126 valence electrons. The summed E-state index contributed by atoms with van der Waals surface area (Å²) in [5.74, 6) is 0.367. The van der Waals surface area contributed by atoms with Crippen molar-refractivity contribution in [1.29, 1.82) is 5.26 Å². The van der Waals surface area contributed by atoms with Crippen molar-refractivity contribution >= 4 is 11.6 Å². The van der Waals surface area contributed by atoms with E-state index in [1.807, 2.05) is 27.7 Å². The number of amides is 1. The van der Waals surface area contributed by atoms with Crippen LogP contribution in [0.3, 0.4) is 0 Å². The van der Waals surface area contributed by atoms with E-state index in [4.69, 9.17) is 9.47 Å². The van der Waals surface area contributed by atoms with Crippen molar-refractivity contribution in [2.75, 3.05) is 11.9 Å². The summed E-state index contributed by atoms with van der Waals surface area (Å²) < 4.78 is 11.3. The van der Waals surface area contributed by atoms with Gasteiger partial charge in [-0.2, -0.15) is 5.26 Å².